The molecule has 22 heavy (non-hydrogen) atoms. The van der Waals surface area contributed by atoms with E-state index < -0.39 is 5.97 Å². The lowest BCUT2D eigenvalue weighted by atomic mass is 9.87. The van der Waals surface area contributed by atoms with Crippen LogP contribution in [0, 0.1) is 0 Å². The molecule has 0 spiro atoms. The van der Waals surface area contributed by atoms with Crippen LogP contribution in [0.25, 0.3) is 16.7 Å². The summed E-state index contributed by atoms with van der Waals surface area (Å²) in [5.74, 6) is -0.331. The Morgan fingerprint density at radius 2 is 1.86 bits per heavy atom. The molecule has 0 fully saturated rings. The minimum Gasteiger partial charge on any atom is -0.511 e. The van der Waals surface area contributed by atoms with Gasteiger partial charge in [0.15, 0.2) is 0 Å². The Labute approximate surface area is 129 Å². The Morgan fingerprint density at radius 3 is 2.59 bits per heavy atom. The highest BCUT2D eigenvalue weighted by Crippen LogP contribution is 2.34. The van der Waals surface area contributed by atoms with Crippen molar-refractivity contribution in [1.82, 2.24) is 0 Å². The first-order valence-electron chi connectivity index (χ1n) is 7.48. The van der Waals surface area contributed by atoms with Crippen LogP contribution in [0.15, 0.2) is 54.3 Å². The molecule has 1 N–H and O–H groups in total. The van der Waals surface area contributed by atoms with Gasteiger partial charge >= 0.3 is 5.97 Å². The lowest BCUT2D eigenvalue weighted by Crippen LogP contribution is -2.15. The first-order valence-corrected chi connectivity index (χ1v) is 7.48. The van der Waals surface area contributed by atoms with Gasteiger partial charge in [-0.05, 0) is 41.7 Å². The summed E-state index contributed by atoms with van der Waals surface area (Å²) in [5.41, 5.74) is 4.26. The molecule has 112 valence electrons. The third-order valence-electron chi connectivity index (χ3n) is 3.89. The van der Waals surface area contributed by atoms with E-state index in [1.165, 1.54) is 0 Å². The van der Waals surface area contributed by atoms with Gasteiger partial charge in [-0.2, -0.15) is 0 Å². The maximum Gasteiger partial charge on any atom is 0.342 e. The van der Waals surface area contributed by atoms with E-state index >= 15 is 0 Å². The highest BCUT2D eigenvalue weighted by Gasteiger charge is 2.25. The summed E-state index contributed by atoms with van der Waals surface area (Å²) in [6, 6.07) is 16.0. The number of fused-ring (bicyclic) bond motifs is 1. The van der Waals surface area contributed by atoms with Gasteiger partial charge < -0.3 is 9.84 Å². The number of allylic oxidation sites excluding steroid dienone is 1. The van der Waals surface area contributed by atoms with Crippen LogP contribution < -0.4 is 0 Å². The molecular formula is C19H18O3. The Kier molecular flexibility index (Phi) is 3.96. The van der Waals surface area contributed by atoms with Gasteiger partial charge in [-0.1, -0.05) is 42.5 Å². The van der Waals surface area contributed by atoms with E-state index in [1.54, 1.807) is 6.92 Å². The summed E-state index contributed by atoms with van der Waals surface area (Å²) in [7, 11) is 0. The summed E-state index contributed by atoms with van der Waals surface area (Å²) >= 11 is 0. The van der Waals surface area contributed by atoms with E-state index in [2.05, 4.69) is 6.07 Å². The monoisotopic (exact) mass is 294 g/mol. The van der Waals surface area contributed by atoms with Crippen LogP contribution in [0.1, 0.15) is 24.5 Å². The Morgan fingerprint density at radius 1 is 1.09 bits per heavy atom. The first kappa shape index (κ1) is 14.4. The van der Waals surface area contributed by atoms with Crippen LogP contribution in [0.3, 0.4) is 0 Å². The molecule has 0 bridgehead atoms. The zero-order chi connectivity index (χ0) is 15.5. The summed E-state index contributed by atoms with van der Waals surface area (Å²) in [5, 5.41) is 10.2. The van der Waals surface area contributed by atoms with Gasteiger partial charge in [0.05, 0.1) is 6.61 Å². The number of hydrogen-bond donors (Lipinski definition) is 1. The molecule has 0 heterocycles. The third-order valence-corrected chi connectivity index (χ3v) is 3.89. The Hall–Kier alpha value is -2.55. The number of aryl methyl sites for hydroxylation is 1. The van der Waals surface area contributed by atoms with Gasteiger partial charge in [-0.25, -0.2) is 4.79 Å². The SMILES string of the molecule is CCOC(=O)C1=C(O)CCc2ccc(-c3ccccc3)cc21. The Balaban J connectivity index is 2.09. The number of carbonyl (C=O) groups is 1. The van der Waals surface area contributed by atoms with E-state index in [0.29, 0.717) is 18.6 Å². The average Bonchev–Trinajstić information content (AvgIpc) is 2.55. The van der Waals surface area contributed by atoms with Crippen molar-refractivity contribution in [3.63, 3.8) is 0 Å². The third kappa shape index (κ3) is 2.62. The predicted molar refractivity (Wildman–Crippen MR) is 86.4 cm³/mol. The lowest BCUT2D eigenvalue weighted by Gasteiger charge is -2.20. The van der Waals surface area contributed by atoms with Crippen molar-refractivity contribution in [3.8, 4) is 11.1 Å². The normalized spacial score (nSPS) is 13.7. The Bertz CT molecular complexity index is 730. The quantitative estimate of drug-likeness (QED) is 0.866. The number of hydrogen-bond acceptors (Lipinski definition) is 3. The van der Waals surface area contributed by atoms with Crippen molar-refractivity contribution < 1.29 is 14.6 Å². The molecular weight excluding hydrogens is 276 g/mol. The van der Waals surface area contributed by atoms with E-state index in [4.69, 9.17) is 4.74 Å². The summed E-state index contributed by atoms with van der Waals surface area (Å²) in [6.45, 7) is 2.06. The minimum absolute atomic E-state index is 0.121. The second kappa shape index (κ2) is 6.06. The fourth-order valence-corrected chi connectivity index (χ4v) is 2.80. The fraction of sp³-hybridized carbons (Fsp3) is 0.211. The average molecular weight is 294 g/mol. The number of esters is 1. The van der Waals surface area contributed by atoms with Crippen molar-refractivity contribution in [3.05, 3.63) is 65.4 Å². The van der Waals surface area contributed by atoms with Crippen molar-refractivity contribution in [2.75, 3.05) is 6.61 Å². The van der Waals surface area contributed by atoms with E-state index in [9.17, 15) is 9.90 Å². The maximum absolute atomic E-state index is 12.2. The molecule has 2 aromatic rings. The molecule has 1 aliphatic rings. The van der Waals surface area contributed by atoms with Gasteiger partial charge in [0, 0.05) is 6.42 Å². The van der Waals surface area contributed by atoms with Gasteiger partial charge in [0.25, 0.3) is 0 Å². The summed E-state index contributed by atoms with van der Waals surface area (Å²) < 4.78 is 5.10. The highest BCUT2D eigenvalue weighted by atomic mass is 16.5. The molecule has 0 amide bonds. The first-order chi connectivity index (χ1) is 10.7. The van der Waals surface area contributed by atoms with Crippen molar-refractivity contribution >= 4 is 11.5 Å². The summed E-state index contributed by atoms with van der Waals surface area (Å²) in [4.78, 5) is 12.2. The van der Waals surface area contributed by atoms with Crippen LogP contribution in [0.5, 0.6) is 0 Å². The molecule has 0 radical (unpaired) electrons. The minimum atomic E-state index is -0.453. The number of aliphatic hydroxyl groups is 1. The highest BCUT2D eigenvalue weighted by molar-refractivity contribution is 6.18. The number of carbonyl (C=O) groups excluding carboxylic acids is 1. The lowest BCUT2D eigenvalue weighted by molar-refractivity contribution is -0.136. The molecule has 2 aromatic carbocycles. The van der Waals surface area contributed by atoms with Gasteiger partial charge in [0.1, 0.15) is 11.3 Å². The number of aliphatic hydroxyl groups excluding tert-OH is 1. The molecule has 0 aromatic heterocycles. The van der Waals surface area contributed by atoms with Crippen LogP contribution in [0.2, 0.25) is 0 Å². The van der Waals surface area contributed by atoms with Crippen molar-refractivity contribution in [2.24, 2.45) is 0 Å². The number of rotatable bonds is 3. The van der Waals surface area contributed by atoms with Crippen LogP contribution in [-0.4, -0.2) is 17.7 Å². The van der Waals surface area contributed by atoms with Crippen LogP contribution >= 0.6 is 0 Å². The van der Waals surface area contributed by atoms with E-state index in [1.807, 2.05) is 42.5 Å². The topological polar surface area (TPSA) is 46.5 Å². The van der Waals surface area contributed by atoms with Crippen LogP contribution in [0.4, 0.5) is 0 Å². The molecule has 0 saturated heterocycles. The molecule has 3 nitrogen and oxygen atoms in total. The van der Waals surface area contributed by atoms with E-state index in [0.717, 1.165) is 28.7 Å². The molecule has 1 aliphatic carbocycles. The zero-order valence-electron chi connectivity index (χ0n) is 12.5. The molecule has 0 unspecified atom stereocenters. The predicted octanol–water partition coefficient (Wildman–Crippen LogP) is 4.13. The fourth-order valence-electron chi connectivity index (χ4n) is 2.80. The molecule has 0 saturated carbocycles. The summed E-state index contributed by atoms with van der Waals surface area (Å²) in [6.07, 6.45) is 1.21. The molecule has 0 aliphatic heterocycles. The standard InChI is InChI=1S/C19H18O3/c1-2-22-19(21)18-16-12-15(13-6-4-3-5-7-13)9-8-14(16)10-11-17(18)20/h3-9,12,20H,2,10-11H2,1H3. The van der Waals surface area contributed by atoms with Gasteiger partial charge in [-0.3, -0.25) is 0 Å². The largest absolute Gasteiger partial charge is 0.511 e. The van der Waals surface area contributed by atoms with Crippen LogP contribution in [-0.2, 0) is 16.0 Å². The molecule has 0 atom stereocenters. The second-order valence-electron chi connectivity index (χ2n) is 5.28. The second-order valence-corrected chi connectivity index (χ2v) is 5.28. The van der Waals surface area contributed by atoms with Gasteiger partial charge in [-0.15, -0.1) is 0 Å². The zero-order valence-corrected chi connectivity index (χ0v) is 12.5. The maximum atomic E-state index is 12.2. The molecule has 3 heteroatoms. The van der Waals surface area contributed by atoms with Crippen molar-refractivity contribution in [1.29, 1.82) is 0 Å². The van der Waals surface area contributed by atoms with Gasteiger partial charge in [0.2, 0.25) is 0 Å². The smallest absolute Gasteiger partial charge is 0.342 e. The van der Waals surface area contributed by atoms with E-state index in [-0.39, 0.29) is 5.76 Å². The molecule has 3 rings (SSSR count). The van der Waals surface area contributed by atoms with Crippen molar-refractivity contribution in [2.45, 2.75) is 19.8 Å². The number of benzene rings is 2. The number of ether oxygens (including phenoxy) is 1.